The molecule has 0 aromatic rings. The van der Waals surface area contributed by atoms with Crippen LogP contribution >= 0.6 is 0 Å². The van der Waals surface area contributed by atoms with E-state index in [1.54, 1.807) is 0 Å². The zero-order valence-corrected chi connectivity index (χ0v) is 16.2. The zero-order chi connectivity index (χ0) is 18.6. The standard InChI is InChI=1S/C20H38O4/c1-5-9-14-20(13-8-4,18(23)24)16-10-15-19(11-6-2,12-7-3)17(21)22/h5-16H2,1-4H3,(H,21,22)(H,23,24). The van der Waals surface area contributed by atoms with E-state index in [0.717, 1.165) is 32.1 Å². The number of unbranched alkanes of at least 4 members (excludes halogenated alkanes) is 1. The molecule has 1 atom stereocenters. The Morgan fingerprint density at radius 3 is 1.21 bits per heavy atom. The first kappa shape index (κ1) is 22.9. The van der Waals surface area contributed by atoms with Crippen molar-refractivity contribution in [1.29, 1.82) is 0 Å². The highest BCUT2D eigenvalue weighted by atomic mass is 16.4. The highest BCUT2D eigenvalue weighted by molar-refractivity contribution is 5.75. The van der Waals surface area contributed by atoms with Gasteiger partial charge in [-0.15, -0.1) is 0 Å². The van der Waals surface area contributed by atoms with Crippen molar-refractivity contribution in [2.45, 2.75) is 105 Å². The van der Waals surface area contributed by atoms with Crippen molar-refractivity contribution < 1.29 is 19.8 Å². The van der Waals surface area contributed by atoms with E-state index in [2.05, 4.69) is 6.92 Å². The third-order valence-electron chi connectivity index (χ3n) is 5.41. The summed E-state index contributed by atoms with van der Waals surface area (Å²) in [6.07, 6.45) is 9.07. The van der Waals surface area contributed by atoms with E-state index < -0.39 is 22.8 Å². The average molecular weight is 343 g/mol. The molecule has 0 aliphatic heterocycles. The van der Waals surface area contributed by atoms with Gasteiger partial charge in [0.15, 0.2) is 0 Å². The molecule has 0 amide bonds. The van der Waals surface area contributed by atoms with Crippen LogP contribution in [0.15, 0.2) is 0 Å². The van der Waals surface area contributed by atoms with Crippen molar-refractivity contribution in [1.82, 2.24) is 0 Å². The van der Waals surface area contributed by atoms with Crippen molar-refractivity contribution in [3.05, 3.63) is 0 Å². The van der Waals surface area contributed by atoms with Crippen LogP contribution in [0.3, 0.4) is 0 Å². The fourth-order valence-electron chi connectivity index (χ4n) is 4.11. The number of carboxylic acids is 2. The summed E-state index contributed by atoms with van der Waals surface area (Å²) in [5.74, 6) is -1.42. The van der Waals surface area contributed by atoms with E-state index in [4.69, 9.17) is 0 Å². The molecule has 0 aliphatic carbocycles. The van der Waals surface area contributed by atoms with Crippen LogP contribution in [0, 0.1) is 10.8 Å². The van der Waals surface area contributed by atoms with Gasteiger partial charge in [0.05, 0.1) is 10.8 Å². The lowest BCUT2D eigenvalue weighted by atomic mass is 9.70. The van der Waals surface area contributed by atoms with Crippen LogP contribution < -0.4 is 0 Å². The van der Waals surface area contributed by atoms with Crippen LogP contribution in [0.2, 0.25) is 0 Å². The van der Waals surface area contributed by atoms with Gasteiger partial charge in [0.25, 0.3) is 0 Å². The van der Waals surface area contributed by atoms with Gasteiger partial charge in [0.2, 0.25) is 0 Å². The molecule has 1 unspecified atom stereocenters. The maximum atomic E-state index is 11.9. The molecule has 0 fully saturated rings. The largest absolute Gasteiger partial charge is 0.481 e. The number of hydrogen-bond donors (Lipinski definition) is 2. The van der Waals surface area contributed by atoms with Gasteiger partial charge in [-0.05, 0) is 38.5 Å². The second kappa shape index (κ2) is 11.5. The van der Waals surface area contributed by atoms with Gasteiger partial charge in [0, 0.05) is 0 Å². The van der Waals surface area contributed by atoms with Gasteiger partial charge in [-0.1, -0.05) is 66.2 Å². The Bertz CT molecular complexity index is 372. The Balaban J connectivity index is 5.10. The first-order valence-corrected chi connectivity index (χ1v) is 9.81. The molecule has 0 spiro atoms. The van der Waals surface area contributed by atoms with E-state index in [1.165, 1.54) is 0 Å². The van der Waals surface area contributed by atoms with Crippen molar-refractivity contribution in [2.75, 3.05) is 0 Å². The van der Waals surface area contributed by atoms with Crippen LogP contribution in [0.4, 0.5) is 0 Å². The molecule has 0 aliphatic rings. The zero-order valence-electron chi connectivity index (χ0n) is 16.2. The minimum Gasteiger partial charge on any atom is -0.481 e. The summed E-state index contributed by atoms with van der Waals surface area (Å²) < 4.78 is 0. The molecule has 0 bridgehead atoms. The van der Waals surface area contributed by atoms with Gasteiger partial charge >= 0.3 is 11.9 Å². The fraction of sp³-hybridized carbons (Fsp3) is 0.900. The molecule has 0 aromatic carbocycles. The van der Waals surface area contributed by atoms with Crippen molar-refractivity contribution in [3.8, 4) is 0 Å². The van der Waals surface area contributed by atoms with Gasteiger partial charge < -0.3 is 10.2 Å². The Hall–Kier alpha value is -1.06. The molecule has 0 saturated heterocycles. The summed E-state index contributed by atoms with van der Waals surface area (Å²) in [6, 6.07) is 0. The predicted octanol–water partition coefficient (Wildman–Crippen LogP) is 5.89. The molecule has 0 aromatic heterocycles. The second-order valence-corrected chi connectivity index (χ2v) is 7.38. The Morgan fingerprint density at radius 2 is 0.917 bits per heavy atom. The smallest absolute Gasteiger partial charge is 0.309 e. The lowest BCUT2D eigenvalue weighted by molar-refractivity contribution is -0.151. The molecular formula is C20H38O4. The van der Waals surface area contributed by atoms with Crippen LogP contribution in [0.1, 0.15) is 105 Å². The van der Waals surface area contributed by atoms with E-state index in [-0.39, 0.29) is 0 Å². The summed E-state index contributed by atoms with van der Waals surface area (Å²) >= 11 is 0. The number of carbonyl (C=O) groups is 2. The number of rotatable bonds is 15. The van der Waals surface area contributed by atoms with Crippen LogP contribution in [0.5, 0.6) is 0 Å². The SMILES string of the molecule is CCCCC(CCC)(CCCC(CCC)(CCC)C(=O)O)C(=O)O. The van der Waals surface area contributed by atoms with Gasteiger partial charge in [0.1, 0.15) is 0 Å². The fourth-order valence-corrected chi connectivity index (χ4v) is 4.11. The molecule has 2 N–H and O–H groups in total. The summed E-state index contributed by atoms with van der Waals surface area (Å²) in [6.45, 7) is 8.15. The van der Waals surface area contributed by atoms with Gasteiger partial charge in [-0.2, -0.15) is 0 Å². The normalized spacial score (nSPS) is 14.3. The highest BCUT2D eigenvalue weighted by Crippen LogP contribution is 2.41. The van der Waals surface area contributed by atoms with Crippen LogP contribution in [-0.2, 0) is 9.59 Å². The maximum Gasteiger partial charge on any atom is 0.309 e. The molecule has 0 heterocycles. The first-order valence-electron chi connectivity index (χ1n) is 9.81. The van der Waals surface area contributed by atoms with Crippen molar-refractivity contribution >= 4 is 11.9 Å². The predicted molar refractivity (Wildman–Crippen MR) is 98.2 cm³/mol. The molecular weight excluding hydrogens is 304 g/mol. The highest BCUT2D eigenvalue weighted by Gasteiger charge is 2.40. The Kier molecular flexibility index (Phi) is 11.0. The lowest BCUT2D eigenvalue weighted by Crippen LogP contribution is -2.34. The topological polar surface area (TPSA) is 74.6 Å². The third-order valence-corrected chi connectivity index (χ3v) is 5.41. The molecule has 142 valence electrons. The Labute approximate surface area is 148 Å². The van der Waals surface area contributed by atoms with Crippen molar-refractivity contribution in [2.24, 2.45) is 10.8 Å². The quantitative estimate of drug-likeness (QED) is 0.389. The lowest BCUT2D eigenvalue weighted by Gasteiger charge is -2.33. The molecule has 0 radical (unpaired) electrons. The summed E-state index contributed by atoms with van der Waals surface area (Å²) in [5, 5.41) is 19.6. The third kappa shape index (κ3) is 6.45. The Morgan fingerprint density at radius 1 is 0.583 bits per heavy atom. The molecule has 0 rings (SSSR count). The van der Waals surface area contributed by atoms with E-state index in [1.807, 2.05) is 20.8 Å². The number of aliphatic carboxylic acids is 2. The van der Waals surface area contributed by atoms with Crippen LogP contribution in [-0.4, -0.2) is 22.2 Å². The van der Waals surface area contributed by atoms with Crippen molar-refractivity contribution in [3.63, 3.8) is 0 Å². The van der Waals surface area contributed by atoms with E-state index >= 15 is 0 Å². The van der Waals surface area contributed by atoms with E-state index in [9.17, 15) is 19.8 Å². The summed E-state index contributed by atoms with van der Waals surface area (Å²) in [4.78, 5) is 23.8. The number of hydrogen-bond acceptors (Lipinski definition) is 2. The minimum absolute atomic E-state index is 0.592. The minimum atomic E-state index is -0.712. The van der Waals surface area contributed by atoms with Gasteiger partial charge in [-0.3, -0.25) is 9.59 Å². The van der Waals surface area contributed by atoms with Crippen LogP contribution in [0.25, 0.3) is 0 Å². The maximum absolute atomic E-state index is 11.9. The summed E-state index contributed by atoms with van der Waals surface area (Å²) in [5.41, 5.74) is -1.35. The second-order valence-electron chi connectivity index (χ2n) is 7.38. The molecule has 24 heavy (non-hydrogen) atoms. The average Bonchev–Trinajstić information content (AvgIpc) is 2.52. The molecule has 4 nitrogen and oxygen atoms in total. The molecule has 0 saturated carbocycles. The molecule has 4 heteroatoms. The number of carboxylic acid groups (broad SMARTS) is 2. The monoisotopic (exact) mass is 342 g/mol. The first-order chi connectivity index (χ1) is 11.3. The summed E-state index contributed by atoms with van der Waals surface area (Å²) in [7, 11) is 0. The van der Waals surface area contributed by atoms with Gasteiger partial charge in [-0.25, -0.2) is 0 Å². The van der Waals surface area contributed by atoms with E-state index in [0.29, 0.717) is 44.9 Å².